The number of quaternary nitrogens is 1. The fourth-order valence-electron chi connectivity index (χ4n) is 2.71. The molecule has 0 fully saturated rings. The van der Waals surface area contributed by atoms with E-state index in [0.717, 1.165) is 24.9 Å². The van der Waals surface area contributed by atoms with Crippen molar-refractivity contribution in [2.24, 2.45) is 0 Å². The van der Waals surface area contributed by atoms with Gasteiger partial charge in [-0.1, -0.05) is 19.4 Å². The Morgan fingerprint density at radius 3 is 2.32 bits per heavy atom. The van der Waals surface area contributed by atoms with Crippen LogP contribution < -0.4 is 17.7 Å². The molecule has 5 nitrogen and oxygen atoms in total. The van der Waals surface area contributed by atoms with Gasteiger partial charge in [-0.05, 0) is 54.5 Å². The van der Waals surface area contributed by atoms with Gasteiger partial charge in [-0.3, -0.25) is 14.6 Å². The second-order valence-electron chi connectivity index (χ2n) is 7.27. The number of hydrogen-bond donors (Lipinski definition) is 1. The number of ketones is 1. The van der Waals surface area contributed by atoms with Gasteiger partial charge in [0.05, 0.1) is 20.6 Å². The number of halogens is 1. The van der Waals surface area contributed by atoms with E-state index in [2.05, 4.69) is 31.3 Å². The highest BCUT2D eigenvalue weighted by Gasteiger charge is 2.19. The van der Waals surface area contributed by atoms with Gasteiger partial charge < -0.3 is 22.2 Å². The van der Waals surface area contributed by atoms with Crippen LogP contribution in [0.15, 0.2) is 54.9 Å². The number of nitrogens with zero attached hydrogens (tertiary/aromatic N) is 2. The van der Waals surface area contributed by atoms with Crippen molar-refractivity contribution in [2.75, 3.05) is 32.5 Å². The lowest BCUT2D eigenvalue weighted by molar-refractivity contribution is -0.882. The van der Waals surface area contributed by atoms with E-state index in [-0.39, 0.29) is 24.1 Å². The van der Waals surface area contributed by atoms with Gasteiger partial charge in [-0.15, -0.1) is 0 Å². The van der Waals surface area contributed by atoms with Crippen LogP contribution in [0.1, 0.15) is 35.7 Å². The number of carbonyl (C=O) groups excluding carboxylic acids is 2. The number of nitrogens with one attached hydrogen (secondary N) is 1. The molecule has 6 heteroatoms. The largest absolute Gasteiger partial charge is 1.00 e. The first-order valence-corrected chi connectivity index (χ1v) is 9.24. The van der Waals surface area contributed by atoms with Gasteiger partial charge in [0.25, 0.3) is 5.91 Å². The summed E-state index contributed by atoms with van der Waals surface area (Å²) in [5, 5.41) is 2.91. The van der Waals surface area contributed by atoms with Crippen molar-refractivity contribution in [1.29, 1.82) is 0 Å². The summed E-state index contributed by atoms with van der Waals surface area (Å²) in [6, 6.07) is 10.7. The summed E-state index contributed by atoms with van der Waals surface area (Å²) >= 11 is 0. The maximum atomic E-state index is 12.3. The third-order valence-corrected chi connectivity index (χ3v) is 4.28. The van der Waals surface area contributed by atoms with E-state index in [1.165, 1.54) is 6.08 Å². The van der Waals surface area contributed by atoms with Crippen LogP contribution in [0.4, 0.5) is 5.69 Å². The Labute approximate surface area is 173 Å². The number of likely N-dealkylation sites (N-methyl/N-ethyl adjacent to an activating group) is 1. The molecule has 0 saturated heterocycles. The topological polar surface area (TPSA) is 59.1 Å². The minimum absolute atomic E-state index is 0. The second-order valence-corrected chi connectivity index (χ2v) is 7.27. The highest BCUT2D eigenvalue weighted by Crippen LogP contribution is 2.12. The Morgan fingerprint density at radius 1 is 1.07 bits per heavy atom. The average molecular weight is 402 g/mol. The third kappa shape index (κ3) is 8.03. The van der Waals surface area contributed by atoms with Crippen molar-refractivity contribution in [3.63, 3.8) is 0 Å². The van der Waals surface area contributed by atoms with Gasteiger partial charge in [0, 0.05) is 23.6 Å². The zero-order valence-electron chi connectivity index (χ0n) is 16.7. The minimum atomic E-state index is -0.0814. The van der Waals surface area contributed by atoms with Gasteiger partial charge in [-0.25, -0.2) is 0 Å². The summed E-state index contributed by atoms with van der Waals surface area (Å²) < 4.78 is 0.663. The molecule has 0 saturated carbocycles. The molecular weight excluding hydrogens is 374 g/mol. The quantitative estimate of drug-likeness (QED) is 0.384. The molecule has 0 unspecified atom stereocenters. The molecule has 1 N–H and O–H groups in total. The van der Waals surface area contributed by atoms with Crippen LogP contribution in [-0.2, 0) is 4.79 Å². The van der Waals surface area contributed by atoms with E-state index < -0.39 is 0 Å². The number of pyridine rings is 1. The Morgan fingerprint density at radius 2 is 1.71 bits per heavy atom. The summed E-state index contributed by atoms with van der Waals surface area (Å²) in [5.41, 5.74) is 2.20. The second kappa shape index (κ2) is 11.4. The maximum absolute atomic E-state index is 12.3. The molecule has 0 atom stereocenters. The van der Waals surface area contributed by atoms with Crippen molar-refractivity contribution in [3.8, 4) is 0 Å². The van der Waals surface area contributed by atoms with Gasteiger partial charge in [0.2, 0.25) is 0 Å². The minimum Gasteiger partial charge on any atom is -1.00 e. The van der Waals surface area contributed by atoms with E-state index >= 15 is 0 Å². The Kier molecular flexibility index (Phi) is 9.56. The lowest BCUT2D eigenvalue weighted by atomic mass is 10.1. The number of rotatable bonds is 9. The van der Waals surface area contributed by atoms with Crippen LogP contribution in [0.2, 0.25) is 0 Å². The molecule has 0 bridgehead atoms. The zero-order chi connectivity index (χ0) is 19.7. The Hall–Kier alpha value is -2.50. The molecule has 1 aromatic heterocycles. The van der Waals surface area contributed by atoms with E-state index in [0.29, 0.717) is 22.3 Å². The summed E-state index contributed by atoms with van der Waals surface area (Å²) in [7, 11) is 4.12. The van der Waals surface area contributed by atoms with E-state index in [1.54, 1.807) is 42.7 Å². The molecular formula is C22H28ClN3O2. The molecule has 2 rings (SSSR count). The Balaban J connectivity index is 0.00000392. The first kappa shape index (κ1) is 23.5. The first-order valence-electron chi connectivity index (χ1n) is 9.24. The average Bonchev–Trinajstić information content (AvgIpc) is 2.65. The number of unbranched alkanes of at least 4 members (excludes halogenated alkanes) is 1. The number of anilines is 1. The van der Waals surface area contributed by atoms with Crippen LogP contribution in [0.25, 0.3) is 6.08 Å². The van der Waals surface area contributed by atoms with Crippen molar-refractivity contribution in [2.45, 2.75) is 19.8 Å². The monoisotopic (exact) mass is 401 g/mol. The van der Waals surface area contributed by atoms with E-state index in [4.69, 9.17) is 0 Å². The summed E-state index contributed by atoms with van der Waals surface area (Å²) in [5.74, 6) is -0.102. The molecule has 1 heterocycles. The molecule has 0 aliphatic heterocycles. The van der Waals surface area contributed by atoms with Crippen molar-refractivity contribution < 1.29 is 26.5 Å². The standard InChI is InChI=1S/C22H27N3O2.ClH/c1-4-5-16-25(2,3)17-22(27)24-20-9-7-19(8-10-20)21(26)11-6-18-12-14-23-15-13-18;/h6-15H,4-5,16-17H2,1-3H3;1H/b11-6+;. The van der Waals surface area contributed by atoms with E-state index in [9.17, 15) is 9.59 Å². The van der Waals surface area contributed by atoms with Crippen LogP contribution >= 0.6 is 0 Å². The number of aromatic nitrogens is 1. The predicted molar refractivity (Wildman–Crippen MR) is 109 cm³/mol. The number of hydrogen-bond acceptors (Lipinski definition) is 3. The normalized spacial score (nSPS) is 11.1. The molecule has 28 heavy (non-hydrogen) atoms. The van der Waals surface area contributed by atoms with Crippen LogP contribution in [-0.4, -0.2) is 48.3 Å². The number of carbonyl (C=O) groups is 2. The van der Waals surface area contributed by atoms with Crippen LogP contribution in [0.3, 0.4) is 0 Å². The molecule has 1 aromatic carbocycles. The zero-order valence-corrected chi connectivity index (χ0v) is 17.4. The first-order chi connectivity index (χ1) is 12.9. The molecule has 2 aromatic rings. The molecule has 0 spiro atoms. The summed E-state index contributed by atoms with van der Waals surface area (Å²) in [4.78, 5) is 28.5. The van der Waals surface area contributed by atoms with Gasteiger partial charge >= 0.3 is 0 Å². The highest BCUT2D eigenvalue weighted by atomic mass is 35.5. The molecule has 0 radical (unpaired) electrons. The smallest absolute Gasteiger partial charge is 0.279 e. The van der Waals surface area contributed by atoms with Gasteiger partial charge in [0.1, 0.15) is 0 Å². The van der Waals surface area contributed by atoms with Crippen LogP contribution in [0, 0.1) is 0 Å². The summed E-state index contributed by atoms with van der Waals surface area (Å²) in [6.45, 7) is 3.55. The molecule has 0 aliphatic rings. The van der Waals surface area contributed by atoms with Crippen molar-refractivity contribution in [1.82, 2.24) is 4.98 Å². The molecule has 1 amide bonds. The third-order valence-electron chi connectivity index (χ3n) is 4.28. The summed E-state index contributed by atoms with van der Waals surface area (Å²) in [6.07, 6.45) is 8.89. The van der Waals surface area contributed by atoms with Gasteiger partial charge in [0.15, 0.2) is 12.3 Å². The number of allylic oxidation sites excluding steroid dienone is 1. The fourth-order valence-corrected chi connectivity index (χ4v) is 2.71. The van der Waals surface area contributed by atoms with Gasteiger partial charge in [-0.2, -0.15) is 0 Å². The fraction of sp³-hybridized carbons (Fsp3) is 0.318. The SMILES string of the molecule is CCCC[N+](C)(C)CC(=O)Nc1ccc(C(=O)/C=C/c2ccncc2)cc1.[Cl-]. The predicted octanol–water partition coefficient (Wildman–Crippen LogP) is 0.797. The van der Waals surface area contributed by atoms with Crippen molar-refractivity contribution in [3.05, 3.63) is 66.0 Å². The molecule has 0 aliphatic carbocycles. The molecule has 150 valence electrons. The Bertz CT molecular complexity index is 787. The van der Waals surface area contributed by atoms with E-state index in [1.807, 2.05) is 12.1 Å². The lowest BCUT2D eigenvalue weighted by Gasteiger charge is -2.28. The lowest BCUT2D eigenvalue weighted by Crippen LogP contribution is -3.00. The van der Waals surface area contributed by atoms with Crippen LogP contribution in [0.5, 0.6) is 0 Å². The van der Waals surface area contributed by atoms with Crippen molar-refractivity contribution >= 4 is 23.5 Å². The maximum Gasteiger partial charge on any atom is 0.279 e. The number of benzene rings is 1. The number of amides is 1. The highest BCUT2D eigenvalue weighted by molar-refractivity contribution is 6.07.